The molecular weight excluding hydrogens is 488 g/mol. The number of anilines is 3. The molecule has 1 fully saturated rings. The predicted molar refractivity (Wildman–Crippen MR) is 132 cm³/mol. The number of hydrogen-bond acceptors (Lipinski definition) is 5. The van der Waals surface area contributed by atoms with Crippen molar-refractivity contribution in [3.63, 3.8) is 0 Å². The van der Waals surface area contributed by atoms with E-state index in [4.69, 9.17) is 4.74 Å². The molecule has 1 saturated heterocycles. The fraction of sp³-hybridized carbons (Fsp3) is 0.259. The topological polar surface area (TPSA) is 57.7 Å². The van der Waals surface area contributed by atoms with Crippen LogP contribution >= 0.6 is 0 Å². The Morgan fingerprint density at radius 1 is 1.11 bits per heavy atom. The molecule has 1 aliphatic heterocycles. The number of hydrogen-bond donors (Lipinski definition) is 1. The summed E-state index contributed by atoms with van der Waals surface area (Å²) in [6.45, 7) is 3.61. The second-order valence-electron chi connectivity index (χ2n) is 8.25. The SMILES string of the molecule is O=CN(c1cccc(C(F)(F)F)c1)c1cccnc1NCc1ccc(F)c(C#CCN2CCOCC2)c1. The summed E-state index contributed by atoms with van der Waals surface area (Å²) in [5.41, 5.74) is 0.409. The average molecular weight is 513 g/mol. The van der Waals surface area contributed by atoms with Gasteiger partial charge in [-0.05, 0) is 48.0 Å². The molecule has 0 atom stereocenters. The molecule has 6 nitrogen and oxygen atoms in total. The van der Waals surface area contributed by atoms with Crippen LogP contribution in [0.2, 0.25) is 0 Å². The van der Waals surface area contributed by atoms with E-state index in [0.29, 0.717) is 31.7 Å². The summed E-state index contributed by atoms with van der Waals surface area (Å²) in [4.78, 5) is 19.4. The van der Waals surface area contributed by atoms with Crippen LogP contribution < -0.4 is 10.2 Å². The number of morpholine rings is 1. The maximum Gasteiger partial charge on any atom is 0.416 e. The normalized spacial score (nSPS) is 13.9. The van der Waals surface area contributed by atoms with Crippen LogP contribution in [0.5, 0.6) is 0 Å². The molecule has 0 saturated carbocycles. The Balaban J connectivity index is 1.50. The summed E-state index contributed by atoms with van der Waals surface area (Å²) in [6.07, 6.45) is -2.63. The third-order valence-corrected chi connectivity index (χ3v) is 5.72. The van der Waals surface area contributed by atoms with Gasteiger partial charge >= 0.3 is 6.18 Å². The first-order valence-corrected chi connectivity index (χ1v) is 11.5. The summed E-state index contributed by atoms with van der Waals surface area (Å²) in [5.74, 6) is 5.72. The van der Waals surface area contributed by atoms with Crippen LogP contribution in [-0.4, -0.2) is 49.1 Å². The van der Waals surface area contributed by atoms with E-state index in [-0.39, 0.29) is 29.3 Å². The van der Waals surface area contributed by atoms with E-state index >= 15 is 0 Å². The standard InChI is InChI=1S/C27H24F4N4O2/c28-24-9-8-20(16-21(24)4-3-11-34-12-14-37-15-13-34)18-33-26-25(7-2-10-32-26)35(19-36)23-6-1-5-22(17-23)27(29,30)31/h1-2,5-10,16-17,19H,11-15,18H2,(H,32,33). The van der Waals surface area contributed by atoms with Gasteiger partial charge in [0.15, 0.2) is 5.82 Å². The van der Waals surface area contributed by atoms with Crippen molar-refractivity contribution in [3.05, 3.63) is 83.3 Å². The van der Waals surface area contributed by atoms with Gasteiger partial charge in [0.05, 0.1) is 36.6 Å². The zero-order chi connectivity index (χ0) is 26.3. The van der Waals surface area contributed by atoms with Gasteiger partial charge in [-0.25, -0.2) is 9.37 Å². The summed E-state index contributed by atoms with van der Waals surface area (Å²) >= 11 is 0. The molecule has 10 heteroatoms. The Kier molecular flexibility index (Phi) is 8.38. The molecule has 0 radical (unpaired) electrons. The number of halogens is 4. The first kappa shape index (κ1) is 26.1. The van der Waals surface area contributed by atoms with Crippen LogP contribution in [0.25, 0.3) is 0 Å². The van der Waals surface area contributed by atoms with Crippen LogP contribution in [-0.2, 0) is 22.3 Å². The van der Waals surface area contributed by atoms with Crippen LogP contribution in [0.4, 0.5) is 34.8 Å². The zero-order valence-electron chi connectivity index (χ0n) is 19.8. The number of alkyl halides is 3. The minimum atomic E-state index is -4.55. The molecular formula is C27H24F4N4O2. The van der Waals surface area contributed by atoms with Gasteiger partial charge in [0.1, 0.15) is 5.82 Å². The zero-order valence-corrected chi connectivity index (χ0v) is 19.8. The number of pyridine rings is 1. The largest absolute Gasteiger partial charge is 0.416 e. The van der Waals surface area contributed by atoms with Crippen LogP contribution in [0.15, 0.2) is 60.8 Å². The van der Waals surface area contributed by atoms with Crippen molar-refractivity contribution >= 4 is 23.6 Å². The first-order chi connectivity index (χ1) is 17.8. The molecule has 0 bridgehead atoms. The van der Waals surface area contributed by atoms with Crippen molar-refractivity contribution in [3.8, 4) is 11.8 Å². The van der Waals surface area contributed by atoms with Gasteiger partial charge < -0.3 is 10.1 Å². The van der Waals surface area contributed by atoms with Gasteiger partial charge in [-0.2, -0.15) is 13.2 Å². The lowest BCUT2D eigenvalue weighted by Gasteiger charge is -2.24. The molecule has 192 valence electrons. The third-order valence-electron chi connectivity index (χ3n) is 5.72. The van der Waals surface area contributed by atoms with E-state index in [1.54, 1.807) is 24.3 Å². The second kappa shape index (κ2) is 11.9. The van der Waals surface area contributed by atoms with Gasteiger partial charge in [0, 0.05) is 31.5 Å². The molecule has 1 amide bonds. The fourth-order valence-electron chi connectivity index (χ4n) is 3.79. The van der Waals surface area contributed by atoms with Crippen LogP contribution in [0, 0.1) is 17.7 Å². The van der Waals surface area contributed by atoms with Gasteiger partial charge in [0.2, 0.25) is 6.41 Å². The van der Waals surface area contributed by atoms with Gasteiger partial charge in [0.25, 0.3) is 0 Å². The molecule has 0 aliphatic carbocycles. The molecule has 1 N–H and O–H groups in total. The summed E-state index contributed by atoms with van der Waals surface area (Å²) in [5, 5.41) is 3.09. The lowest BCUT2D eigenvalue weighted by Crippen LogP contribution is -2.36. The maximum absolute atomic E-state index is 14.3. The predicted octanol–water partition coefficient (Wildman–Crippen LogP) is 4.83. The van der Waals surface area contributed by atoms with E-state index in [1.165, 1.54) is 24.4 Å². The number of aromatic nitrogens is 1. The van der Waals surface area contributed by atoms with E-state index in [0.717, 1.165) is 30.1 Å². The second-order valence-corrected chi connectivity index (χ2v) is 8.25. The summed E-state index contributed by atoms with van der Waals surface area (Å²) in [6, 6.07) is 12.2. The van der Waals surface area contributed by atoms with Crippen molar-refractivity contribution in [2.75, 3.05) is 43.1 Å². The number of carbonyl (C=O) groups excluding carboxylic acids is 1. The summed E-state index contributed by atoms with van der Waals surface area (Å²) < 4.78 is 59.2. The minimum Gasteiger partial charge on any atom is -0.379 e. The number of benzene rings is 2. The average Bonchev–Trinajstić information content (AvgIpc) is 2.90. The van der Waals surface area contributed by atoms with Crippen molar-refractivity contribution in [1.82, 2.24) is 9.88 Å². The Morgan fingerprint density at radius 3 is 2.68 bits per heavy atom. The molecule has 4 rings (SSSR count). The third kappa shape index (κ3) is 6.84. The number of nitrogens with one attached hydrogen (secondary N) is 1. The number of amides is 1. The summed E-state index contributed by atoms with van der Waals surface area (Å²) in [7, 11) is 0. The van der Waals surface area contributed by atoms with Crippen LogP contribution in [0.1, 0.15) is 16.7 Å². The Hall–Kier alpha value is -3.94. The fourth-order valence-corrected chi connectivity index (χ4v) is 3.79. The molecule has 2 heterocycles. The molecule has 0 spiro atoms. The van der Waals surface area contributed by atoms with E-state index in [9.17, 15) is 22.4 Å². The maximum atomic E-state index is 14.3. The molecule has 0 unspecified atom stereocenters. The monoisotopic (exact) mass is 512 g/mol. The lowest BCUT2D eigenvalue weighted by molar-refractivity contribution is -0.137. The van der Waals surface area contributed by atoms with E-state index in [2.05, 4.69) is 27.0 Å². The van der Waals surface area contributed by atoms with E-state index < -0.39 is 17.6 Å². The van der Waals surface area contributed by atoms with Crippen molar-refractivity contribution in [2.24, 2.45) is 0 Å². The van der Waals surface area contributed by atoms with E-state index in [1.807, 2.05) is 0 Å². The Labute approximate surface area is 211 Å². The Bertz CT molecular complexity index is 1300. The first-order valence-electron chi connectivity index (χ1n) is 11.5. The Morgan fingerprint density at radius 2 is 1.92 bits per heavy atom. The van der Waals surface area contributed by atoms with Gasteiger partial charge in [-0.15, -0.1) is 0 Å². The smallest absolute Gasteiger partial charge is 0.379 e. The highest BCUT2D eigenvalue weighted by atomic mass is 19.4. The van der Waals surface area contributed by atoms with Gasteiger partial charge in [-0.1, -0.05) is 24.0 Å². The van der Waals surface area contributed by atoms with Crippen molar-refractivity contribution in [2.45, 2.75) is 12.7 Å². The molecule has 37 heavy (non-hydrogen) atoms. The number of rotatable bonds is 7. The van der Waals surface area contributed by atoms with Crippen molar-refractivity contribution in [1.29, 1.82) is 0 Å². The number of ether oxygens (including phenoxy) is 1. The highest BCUT2D eigenvalue weighted by Crippen LogP contribution is 2.35. The molecule has 2 aromatic carbocycles. The molecule has 1 aliphatic rings. The number of carbonyl (C=O) groups is 1. The number of nitrogens with zero attached hydrogens (tertiary/aromatic N) is 3. The van der Waals surface area contributed by atoms with Gasteiger partial charge in [-0.3, -0.25) is 14.6 Å². The van der Waals surface area contributed by atoms with Crippen molar-refractivity contribution < 1.29 is 27.1 Å². The minimum absolute atomic E-state index is 0.0421. The highest BCUT2D eigenvalue weighted by molar-refractivity contribution is 5.90. The molecule has 1 aromatic heterocycles. The highest BCUT2D eigenvalue weighted by Gasteiger charge is 2.31. The molecule has 3 aromatic rings. The quantitative estimate of drug-likeness (QED) is 0.279. The lowest BCUT2D eigenvalue weighted by atomic mass is 10.1. The van der Waals surface area contributed by atoms with Crippen LogP contribution in [0.3, 0.4) is 0 Å².